The van der Waals surface area contributed by atoms with Crippen molar-refractivity contribution in [1.82, 2.24) is 15.1 Å². The Kier molecular flexibility index (Phi) is 4.61. The average molecular weight is 423 g/mol. The van der Waals surface area contributed by atoms with Gasteiger partial charge in [-0.3, -0.25) is 10.00 Å². The molecule has 6 rings (SSSR count). The SMILES string of the molecule is O[C@@H]1C[C@H]2CN(Cc3ccc(-c4ccn[nH]4)o3)C[C@H]2C[C@H]1Oc1ccc2c(c1)OCO2. The van der Waals surface area contributed by atoms with Crippen LogP contribution in [0.3, 0.4) is 0 Å². The van der Waals surface area contributed by atoms with E-state index < -0.39 is 6.10 Å². The number of fused-ring (bicyclic) bond motifs is 2. The number of likely N-dealkylation sites (tertiary alicyclic amines) is 1. The van der Waals surface area contributed by atoms with Gasteiger partial charge in [-0.15, -0.1) is 0 Å². The van der Waals surface area contributed by atoms with Crippen molar-refractivity contribution in [2.75, 3.05) is 19.9 Å². The van der Waals surface area contributed by atoms with Gasteiger partial charge in [-0.25, -0.2) is 0 Å². The third-order valence-corrected chi connectivity index (χ3v) is 6.60. The van der Waals surface area contributed by atoms with Gasteiger partial charge >= 0.3 is 0 Å². The zero-order valence-corrected chi connectivity index (χ0v) is 17.1. The molecule has 1 saturated heterocycles. The Morgan fingerprint density at radius 3 is 2.81 bits per heavy atom. The van der Waals surface area contributed by atoms with Crippen molar-refractivity contribution >= 4 is 0 Å². The molecule has 2 aliphatic heterocycles. The predicted molar refractivity (Wildman–Crippen MR) is 111 cm³/mol. The van der Waals surface area contributed by atoms with Crippen LogP contribution in [0.25, 0.3) is 11.5 Å². The van der Waals surface area contributed by atoms with E-state index in [-0.39, 0.29) is 12.9 Å². The van der Waals surface area contributed by atoms with Crippen molar-refractivity contribution in [3.63, 3.8) is 0 Å². The first-order valence-corrected chi connectivity index (χ1v) is 10.8. The van der Waals surface area contributed by atoms with Crippen LogP contribution in [0.2, 0.25) is 0 Å². The van der Waals surface area contributed by atoms with Gasteiger partial charge in [-0.1, -0.05) is 0 Å². The Bertz CT molecular complexity index is 1050. The average Bonchev–Trinajstić information content (AvgIpc) is 3.55. The molecule has 2 aromatic heterocycles. The third kappa shape index (κ3) is 3.66. The maximum atomic E-state index is 10.7. The van der Waals surface area contributed by atoms with Crippen LogP contribution >= 0.6 is 0 Å². The van der Waals surface area contributed by atoms with Gasteiger partial charge in [-0.2, -0.15) is 5.10 Å². The third-order valence-electron chi connectivity index (χ3n) is 6.60. The van der Waals surface area contributed by atoms with Crippen LogP contribution in [0.5, 0.6) is 17.2 Å². The monoisotopic (exact) mass is 423 g/mol. The number of ether oxygens (including phenoxy) is 3. The minimum Gasteiger partial charge on any atom is -0.488 e. The molecular formula is C23H25N3O5. The number of hydrogen-bond donors (Lipinski definition) is 2. The zero-order chi connectivity index (χ0) is 20.8. The second kappa shape index (κ2) is 7.62. The molecule has 31 heavy (non-hydrogen) atoms. The number of rotatable bonds is 5. The highest BCUT2D eigenvalue weighted by atomic mass is 16.7. The summed E-state index contributed by atoms with van der Waals surface area (Å²) in [5, 5.41) is 17.6. The Morgan fingerprint density at radius 1 is 1.06 bits per heavy atom. The summed E-state index contributed by atoms with van der Waals surface area (Å²) < 4.78 is 23.0. The van der Waals surface area contributed by atoms with Crippen LogP contribution in [0.4, 0.5) is 0 Å². The molecular weight excluding hydrogens is 398 g/mol. The Balaban J connectivity index is 1.09. The first-order chi connectivity index (χ1) is 15.2. The Morgan fingerprint density at radius 2 is 1.94 bits per heavy atom. The number of H-pyrrole nitrogens is 1. The van der Waals surface area contributed by atoms with Gasteiger partial charge in [-0.05, 0) is 55.0 Å². The molecule has 3 aliphatic rings. The second-order valence-electron chi connectivity index (χ2n) is 8.66. The number of aromatic amines is 1. The summed E-state index contributed by atoms with van der Waals surface area (Å²) >= 11 is 0. The molecule has 4 heterocycles. The maximum Gasteiger partial charge on any atom is 0.231 e. The number of aromatic nitrogens is 2. The van der Waals surface area contributed by atoms with E-state index in [2.05, 4.69) is 15.1 Å². The summed E-state index contributed by atoms with van der Waals surface area (Å²) in [5.41, 5.74) is 0.882. The highest BCUT2D eigenvalue weighted by Crippen LogP contribution is 2.40. The largest absolute Gasteiger partial charge is 0.488 e. The minimum atomic E-state index is -0.470. The van der Waals surface area contributed by atoms with Gasteiger partial charge in [0.05, 0.1) is 12.6 Å². The lowest BCUT2D eigenvalue weighted by molar-refractivity contribution is -0.0232. The first kappa shape index (κ1) is 18.8. The van der Waals surface area contributed by atoms with E-state index in [1.54, 1.807) is 6.20 Å². The highest BCUT2D eigenvalue weighted by molar-refractivity contribution is 5.51. The molecule has 1 saturated carbocycles. The first-order valence-electron chi connectivity index (χ1n) is 10.8. The lowest BCUT2D eigenvalue weighted by Gasteiger charge is -2.35. The normalized spacial score (nSPS) is 27.4. The van der Waals surface area contributed by atoms with Crippen molar-refractivity contribution in [3.8, 4) is 28.7 Å². The maximum absolute atomic E-state index is 10.7. The number of furan rings is 1. The molecule has 8 nitrogen and oxygen atoms in total. The van der Waals surface area contributed by atoms with Crippen molar-refractivity contribution in [1.29, 1.82) is 0 Å². The molecule has 2 fully saturated rings. The quantitative estimate of drug-likeness (QED) is 0.652. The molecule has 1 aromatic carbocycles. The van der Waals surface area contributed by atoms with E-state index in [1.165, 1.54) is 0 Å². The van der Waals surface area contributed by atoms with E-state index >= 15 is 0 Å². The number of nitrogens with one attached hydrogen (secondary N) is 1. The fourth-order valence-electron chi connectivity index (χ4n) is 5.09. The Labute approximate surface area is 179 Å². The topological polar surface area (TPSA) is 93.0 Å². The van der Waals surface area contributed by atoms with Gasteiger partial charge in [0, 0.05) is 25.4 Å². The van der Waals surface area contributed by atoms with Crippen LogP contribution in [-0.2, 0) is 6.54 Å². The molecule has 4 atom stereocenters. The number of benzene rings is 1. The van der Waals surface area contributed by atoms with Crippen molar-refractivity contribution < 1.29 is 23.7 Å². The van der Waals surface area contributed by atoms with E-state index in [0.29, 0.717) is 23.3 Å². The van der Waals surface area contributed by atoms with Crippen molar-refractivity contribution in [3.05, 3.63) is 48.4 Å². The van der Waals surface area contributed by atoms with Gasteiger partial charge in [0.15, 0.2) is 17.3 Å². The van der Waals surface area contributed by atoms with E-state index in [0.717, 1.165) is 55.4 Å². The smallest absolute Gasteiger partial charge is 0.231 e. The molecule has 0 amide bonds. The summed E-state index contributed by atoms with van der Waals surface area (Å²) in [7, 11) is 0. The van der Waals surface area contributed by atoms with Crippen LogP contribution in [0, 0.1) is 11.8 Å². The number of aliphatic hydroxyl groups excluding tert-OH is 1. The zero-order valence-electron chi connectivity index (χ0n) is 17.1. The summed E-state index contributed by atoms with van der Waals surface area (Å²) in [5.74, 6) is 4.87. The summed E-state index contributed by atoms with van der Waals surface area (Å²) in [6.07, 6.45) is 2.64. The minimum absolute atomic E-state index is 0.211. The summed E-state index contributed by atoms with van der Waals surface area (Å²) in [6.45, 7) is 2.96. The fourth-order valence-corrected chi connectivity index (χ4v) is 5.09. The van der Waals surface area contributed by atoms with Gasteiger partial charge in [0.25, 0.3) is 0 Å². The highest BCUT2D eigenvalue weighted by Gasteiger charge is 2.42. The number of hydrogen-bond acceptors (Lipinski definition) is 7. The van der Waals surface area contributed by atoms with Crippen molar-refractivity contribution in [2.45, 2.75) is 31.6 Å². The molecule has 0 unspecified atom stereocenters. The molecule has 3 aromatic rings. The number of nitrogens with zero attached hydrogens (tertiary/aromatic N) is 2. The summed E-state index contributed by atoms with van der Waals surface area (Å²) in [6, 6.07) is 11.5. The van der Waals surface area contributed by atoms with Crippen LogP contribution in [0.15, 0.2) is 47.0 Å². The second-order valence-corrected chi connectivity index (χ2v) is 8.66. The van der Waals surface area contributed by atoms with Crippen LogP contribution in [-0.4, -0.2) is 52.3 Å². The summed E-state index contributed by atoms with van der Waals surface area (Å²) in [4.78, 5) is 2.42. The lowest BCUT2D eigenvalue weighted by atomic mass is 9.78. The van der Waals surface area contributed by atoms with Crippen LogP contribution < -0.4 is 14.2 Å². The molecule has 2 N–H and O–H groups in total. The van der Waals surface area contributed by atoms with E-state index in [4.69, 9.17) is 18.6 Å². The molecule has 162 valence electrons. The molecule has 0 spiro atoms. The van der Waals surface area contributed by atoms with E-state index in [9.17, 15) is 5.11 Å². The molecule has 8 heteroatoms. The number of aliphatic hydroxyl groups is 1. The van der Waals surface area contributed by atoms with Crippen LogP contribution in [0.1, 0.15) is 18.6 Å². The van der Waals surface area contributed by atoms with E-state index in [1.807, 2.05) is 36.4 Å². The Hall–Kier alpha value is -2.97. The molecule has 0 radical (unpaired) electrons. The molecule has 1 aliphatic carbocycles. The van der Waals surface area contributed by atoms with Gasteiger partial charge in [0.2, 0.25) is 6.79 Å². The van der Waals surface area contributed by atoms with Gasteiger partial charge < -0.3 is 23.7 Å². The van der Waals surface area contributed by atoms with Crippen molar-refractivity contribution in [2.24, 2.45) is 11.8 Å². The predicted octanol–water partition coefficient (Wildman–Crippen LogP) is 3.05. The molecule has 0 bridgehead atoms. The fraction of sp³-hybridized carbons (Fsp3) is 0.435. The van der Waals surface area contributed by atoms with Gasteiger partial charge in [0.1, 0.15) is 23.3 Å². The lowest BCUT2D eigenvalue weighted by Crippen LogP contribution is -2.42. The standard InChI is InChI=1S/C23H25N3O5/c27-19-7-14-10-26(12-17-2-3-20(31-17)18-5-6-24-25-18)11-15(14)8-22(19)30-16-1-4-21-23(9-16)29-13-28-21/h1-6,9,14-15,19,22,27H,7-8,10-13H2,(H,24,25)/t14-,15+,19+,22+/m0/s1.